The average Bonchev–Trinajstić information content (AvgIpc) is 3.26. The van der Waals surface area contributed by atoms with Crippen LogP contribution in [0.1, 0.15) is 12.5 Å². The van der Waals surface area contributed by atoms with Gasteiger partial charge in [-0.05, 0) is 12.5 Å². The number of rotatable bonds is 4. The molecule has 12 nitrogen and oxygen atoms in total. The Kier molecular flexibility index (Phi) is 4.49. The molecule has 4 amide bonds. The molecule has 2 aromatic heterocycles. The first-order chi connectivity index (χ1) is 14.6. The van der Waals surface area contributed by atoms with Gasteiger partial charge in [-0.3, -0.25) is 28.9 Å². The van der Waals surface area contributed by atoms with Gasteiger partial charge in [0.1, 0.15) is 12.1 Å². The molecule has 12 heteroatoms. The largest absolute Gasteiger partial charge is 0.344 e. The van der Waals surface area contributed by atoms with Gasteiger partial charge in [-0.2, -0.15) is 5.01 Å². The molecule has 1 atom stereocenters. The van der Waals surface area contributed by atoms with Gasteiger partial charge in [0.25, 0.3) is 17.4 Å². The number of imide groups is 1. The summed E-state index contributed by atoms with van der Waals surface area (Å²) in [6, 6.07) is 7.86. The molecule has 1 aliphatic heterocycles. The number of aryl methyl sites for hydroxylation is 1. The van der Waals surface area contributed by atoms with E-state index in [2.05, 4.69) is 15.7 Å². The van der Waals surface area contributed by atoms with Crippen molar-refractivity contribution in [2.75, 3.05) is 0 Å². The van der Waals surface area contributed by atoms with Crippen LogP contribution in [-0.4, -0.2) is 41.5 Å². The van der Waals surface area contributed by atoms with Crippen LogP contribution in [0.25, 0.3) is 11.2 Å². The smallest absolute Gasteiger partial charge is 0.318 e. The number of hydrazine groups is 1. The van der Waals surface area contributed by atoms with Gasteiger partial charge in [0.15, 0.2) is 11.2 Å². The molecule has 31 heavy (non-hydrogen) atoms. The Bertz CT molecular complexity index is 1350. The second-order valence-corrected chi connectivity index (χ2v) is 7.35. The maximum Gasteiger partial charge on any atom is 0.344 e. The van der Waals surface area contributed by atoms with E-state index in [-0.39, 0.29) is 11.2 Å². The SMILES string of the molecule is Cn1c(=O)c2c(ncn2CC(=O)NN2C(=O)NC(C)(c3ccccc3)C2=O)n(C)c1=O. The van der Waals surface area contributed by atoms with Crippen LogP contribution in [0.4, 0.5) is 4.79 Å². The molecule has 0 radical (unpaired) electrons. The van der Waals surface area contributed by atoms with Crippen LogP contribution in [0.3, 0.4) is 0 Å². The zero-order valence-corrected chi connectivity index (χ0v) is 16.9. The Morgan fingerprint density at radius 3 is 2.45 bits per heavy atom. The number of imidazole rings is 1. The van der Waals surface area contributed by atoms with E-state index in [0.717, 1.165) is 4.57 Å². The lowest BCUT2D eigenvalue weighted by molar-refractivity contribution is -0.139. The Balaban J connectivity index is 1.59. The number of carbonyl (C=O) groups excluding carboxylic acids is 3. The number of fused-ring (bicyclic) bond motifs is 1. The minimum absolute atomic E-state index is 0.0473. The third-order valence-corrected chi connectivity index (χ3v) is 5.31. The number of carbonyl (C=O) groups is 3. The minimum atomic E-state index is -1.33. The zero-order valence-electron chi connectivity index (χ0n) is 16.9. The Morgan fingerprint density at radius 1 is 1.10 bits per heavy atom. The minimum Gasteiger partial charge on any atom is -0.318 e. The molecule has 0 bridgehead atoms. The number of benzene rings is 1. The maximum atomic E-state index is 12.9. The topological polar surface area (TPSA) is 140 Å². The summed E-state index contributed by atoms with van der Waals surface area (Å²) in [6.45, 7) is 1.14. The van der Waals surface area contributed by atoms with Crippen LogP contribution in [0, 0.1) is 0 Å². The number of hydrogen-bond acceptors (Lipinski definition) is 6. The molecule has 3 aromatic rings. The summed E-state index contributed by atoms with van der Waals surface area (Å²) >= 11 is 0. The van der Waals surface area contributed by atoms with Gasteiger partial charge in [-0.1, -0.05) is 30.3 Å². The fourth-order valence-corrected chi connectivity index (χ4v) is 3.54. The van der Waals surface area contributed by atoms with Crippen molar-refractivity contribution in [2.45, 2.75) is 19.0 Å². The highest BCUT2D eigenvalue weighted by atomic mass is 16.2. The van der Waals surface area contributed by atoms with E-state index in [1.807, 2.05) is 0 Å². The van der Waals surface area contributed by atoms with Crippen molar-refractivity contribution in [1.82, 2.24) is 34.4 Å². The first-order valence-electron chi connectivity index (χ1n) is 9.27. The predicted molar refractivity (Wildman–Crippen MR) is 108 cm³/mol. The molecule has 1 aliphatic rings. The highest BCUT2D eigenvalue weighted by molar-refractivity contribution is 6.08. The molecule has 0 spiro atoms. The van der Waals surface area contributed by atoms with E-state index in [4.69, 9.17) is 0 Å². The van der Waals surface area contributed by atoms with Crippen LogP contribution in [0.5, 0.6) is 0 Å². The molecule has 1 fully saturated rings. The molecule has 0 saturated carbocycles. The van der Waals surface area contributed by atoms with Crippen molar-refractivity contribution in [3.63, 3.8) is 0 Å². The summed E-state index contributed by atoms with van der Waals surface area (Å²) in [5.41, 5.74) is 0.507. The zero-order chi connectivity index (χ0) is 22.5. The third-order valence-electron chi connectivity index (χ3n) is 5.31. The number of nitrogens with one attached hydrogen (secondary N) is 2. The summed E-state index contributed by atoms with van der Waals surface area (Å²) in [7, 11) is 2.78. The molecule has 0 aliphatic carbocycles. The van der Waals surface area contributed by atoms with Crippen molar-refractivity contribution in [3.05, 3.63) is 63.1 Å². The summed E-state index contributed by atoms with van der Waals surface area (Å²) in [4.78, 5) is 66.4. The lowest BCUT2D eigenvalue weighted by Crippen LogP contribution is -2.49. The lowest BCUT2D eigenvalue weighted by Gasteiger charge is -2.22. The van der Waals surface area contributed by atoms with E-state index in [9.17, 15) is 24.0 Å². The molecule has 3 heterocycles. The predicted octanol–water partition coefficient (Wildman–Crippen LogP) is -1.07. The standard InChI is InChI=1S/C19H19N7O5/c1-19(11-7-5-4-6-8-11)16(29)26(17(30)21-19)22-12(27)9-25-10-20-14-13(25)15(28)24(3)18(31)23(14)2/h4-8,10H,9H2,1-3H3,(H,21,30)(H,22,27). The van der Waals surface area contributed by atoms with Gasteiger partial charge in [0.05, 0.1) is 6.33 Å². The Hall–Kier alpha value is -4.22. The van der Waals surface area contributed by atoms with Crippen LogP contribution in [-0.2, 0) is 35.8 Å². The number of urea groups is 1. The number of nitrogens with zero attached hydrogens (tertiary/aromatic N) is 5. The summed E-state index contributed by atoms with van der Waals surface area (Å²) in [5.74, 6) is -1.37. The third kappa shape index (κ3) is 2.99. The van der Waals surface area contributed by atoms with E-state index in [1.165, 1.54) is 29.6 Å². The van der Waals surface area contributed by atoms with Crippen molar-refractivity contribution in [2.24, 2.45) is 14.1 Å². The number of aromatic nitrogens is 4. The van der Waals surface area contributed by atoms with Gasteiger partial charge in [-0.25, -0.2) is 14.6 Å². The van der Waals surface area contributed by atoms with Crippen LogP contribution < -0.4 is 22.0 Å². The normalized spacial score (nSPS) is 18.5. The quantitative estimate of drug-likeness (QED) is 0.510. The number of amides is 4. The van der Waals surface area contributed by atoms with Crippen LogP contribution >= 0.6 is 0 Å². The van der Waals surface area contributed by atoms with Crippen molar-refractivity contribution >= 4 is 29.0 Å². The second kappa shape index (κ2) is 6.93. The van der Waals surface area contributed by atoms with Crippen LogP contribution in [0.15, 0.2) is 46.2 Å². The maximum absolute atomic E-state index is 12.9. The molecule has 160 valence electrons. The van der Waals surface area contributed by atoms with Crippen molar-refractivity contribution in [1.29, 1.82) is 0 Å². The fraction of sp³-hybridized carbons (Fsp3) is 0.263. The van der Waals surface area contributed by atoms with Gasteiger partial charge in [0, 0.05) is 14.1 Å². The van der Waals surface area contributed by atoms with Gasteiger partial charge < -0.3 is 9.88 Å². The van der Waals surface area contributed by atoms with Crippen molar-refractivity contribution in [3.8, 4) is 0 Å². The highest BCUT2D eigenvalue weighted by Crippen LogP contribution is 2.27. The molecule has 2 N–H and O–H groups in total. The van der Waals surface area contributed by atoms with Crippen molar-refractivity contribution < 1.29 is 14.4 Å². The molecule has 4 rings (SSSR count). The first kappa shape index (κ1) is 20.1. The molecule has 1 unspecified atom stereocenters. The molecule has 1 aromatic carbocycles. The Morgan fingerprint density at radius 2 is 1.77 bits per heavy atom. The highest BCUT2D eigenvalue weighted by Gasteiger charge is 2.49. The average molecular weight is 425 g/mol. The Labute approximate surface area is 174 Å². The van der Waals surface area contributed by atoms with E-state index >= 15 is 0 Å². The van der Waals surface area contributed by atoms with Crippen LogP contribution in [0.2, 0.25) is 0 Å². The first-order valence-corrected chi connectivity index (χ1v) is 9.27. The van der Waals surface area contributed by atoms with E-state index in [1.54, 1.807) is 37.3 Å². The van der Waals surface area contributed by atoms with Gasteiger partial charge in [-0.15, -0.1) is 0 Å². The molecular weight excluding hydrogens is 406 g/mol. The monoisotopic (exact) mass is 425 g/mol. The number of hydrogen-bond donors (Lipinski definition) is 2. The fourth-order valence-electron chi connectivity index (χ4n) is 3.54. The summed E-state index contributed by atoms with van der Waals surface area (Å²) < 4.78 is 3.34. The van der Waals surface area contributed by atoms with E-state index < -0.39 is 41.2 Å². The second-order valence-electron chi connectivity index (χ2n) is 7.35. The molecular formula is C19H19N7O5. The van der Waals surface area contributed by atoms with Gasteiger partial charge >= 0.3 is 11.7 Å². The summed E-state index contributed by atoms with van der Waals surface area (Å²) in [5, 5.41) is 3.20. The molecule has 1 saturated heterocycles. The van der Waals surface area contributed by atoms with Gasteiger partial charge in [0.2, 0.25) is 0 Å². The lowest BCUT2D eigenvalue weighted by atomic mass is 9.92. The van der Waals surface area contributed by atoms with E-state index in [0.29, 0.717) is 10.6 Å². The summed E-state index contributed by atoms with van der Waals surface area (Å²) in [6.07, 6.45) is 1.24.